The summed E-state index contributed by atoms with van der Waals surface area (Å²) in [6.07, 6.45) is -4.66. The van der Waals surface area contributed by atoms with Gasteiger partial charge in [0.15, 0.2) is 0 Å². The molecule has 1 rings (SSSR count). The second kappa shape index (κ2) is 4.13. The van der Waals surface area contributed by atoms with E-state index in [9.17, 15) is 18.0 Å². The average molecular weight is 233 g/mol. The van der Waals surface area contributed by atoms with Crippen LogP contribution in [0, 0.1) is 6.92 Å². The number of alkyl halides is 3. The zero-order chi connectivity index (χ0) is 12.5. The summed E-state index contributed by atoms with van der Waals surface area (Å²) in [5, 5.41) is 8.78. The Kier molecular flexibility index (Phi) is 3.23. The first-order valence-electron chi connectivity index (χ1n) is 4.40. The monoisotopic (exact) mass is 233 g/mol. The van der Waals surface area contributed by atoms with E-state index in [1.807, 2.05) is 0 Å². The van der Waals surface area contributed by atoms with Crippen LogP contribution in [0.3, 0.4) is 0 Å². The van der Waals surface area contributed by atoms with Crippen molar-refractivity contribution in [3.63, 3.8) is 0 Å². The van der Waals surface area contributed by atoms with Gasteiger partial charge in [-0.2, -0.15) is 13.2 Å². The molecule has 3 nitrogen and oxygen atoms in total. The molecule has 0 amide bonds. The summed E-state index contributed by atoms with van der Waals surface area (Å²) in [6, 6.07) is 1.61. The van der Waals surface area contributed by atoms with Crippen LogP contribution < -0.4 is 5.73 Å². The number of halogens is 3. The molecule has 1 atom stereocenters. The zero-order valence-corrected chi connectivity index (χ0v) is 8.38. The molecule has 0 radical (unpaired) electrons. The third-order valence-corrected chi connectivity index (χ3v) is 2.22. The van der Waals surface area contributed by atoms with E-state index in [1.54, 1.807) is 0 Å². The van der Waals surface area contributed by atoms with Crippen LogP contribution in [0.25, 0.3) is 0 Å². The largest absolute Gasteiger partial charge is 0.478 e. The van der Waals surface area contributed by atoms with Crippen LogP contribution in [0.1, 0.15) is 27.5 Å². The number of rotatable bonds is 2. The fraction of sp³-hybridized carbons (Fsp3) is 0.300. The molecule has 0 fully saturated rings. The average Bonchev–Trinajstić information content (AvgIpc) is 2.14. The topological polar surface area (TPSA) is 63.3 Å². The number of carbonyl (C=O) groups is 1. The van der Waals surface area contributed by atoms with Crippen LogP contribution in [-0.4, -0.2) is 17.3 Å². The van der Waals surface area contributed by atoms with Gasteiger partial charge in [0.2, 0.25) is 0 Å². The van der Waals surface area contributed by atoms with E-state index < -0.39 is 23.8 Å². The van der Waals surface area contributed by atoms with E-state index in [2.05, 4.69) is 0 Å². The lowest BCUT2D eigenvalue weighted by Gasteiger charge is -2.19. The summed E-state index contributed by atoms with van der Waals surface area (Å²) in [5.74, 6) is -1.42. The minimum absolute atomic E-state index is 0.213. The van der Waals surface area contributed by atoms with Gasteiger partial charge in [-0.15, -0.1) is 0 Å². The van der Waals surface area contributed by atoms with Crippen molar-refractivity contribution < 1.29 is 23.1 Å². The Labute approximate surface area is 89.7 Å². The fourth-order valence-corrected chi connectivity index (χ4v) is 1.44. The number of aryl methyl sites for hydroxylation is 1. The van der Waals surface area contributed by atoms with Gasteiger partial charge in [-0.25, -0.2) is 4.79 Å². The van der Waals surface area contributed by atoms with Gasteiger partial charge >= 0.3 is 12.1 Å². The number of nitrogens with two attached hydrogens (primary N) is 1. The molecule has 0 heterocycles. The molecule has 0 aliphatic heterocycles. The number of carboxylic acids is 1. The van der Waals surface area contributed by atoms with Crippen molar-refractivity contribution in [3.8, 4) is 0 Å². The summed E-state index contributed by atoms with van der Waals surface area (Å²) in [4.78, 5) is 10.8. The first-order chi connectivity index (χ1) is 7.25. The summed E-state index contributed by atoms with van der Waals surface area (Å²) in [6.45, 7) is 1.40. The maximum Gasteiger partial charge on any atom is 0.407 e. The van der Waals surface area contributed by atoms with Crippen molar-refractivity contribution >= 4 is 5.97 Å². The van der Waals surface area contributed by atoms with Gasteiger partial charge in [0.1, 0.15) is 6.04 Å². The zero-order valence-electron chi connectivity index (χ0n) is 8.38. The van der Waals surface area contributed by atoms with Gasteiger partial charge < -0.3 is 10.8 Å². The Morgan fingerprint density at radius 2 is 2.00 bits per heavy atom. The summed E-state index contributed by atoms with van der Waals surface area (Å²) in [7, 11) is 0. The van der Waals surface area contributed by atoms with Crippen molar-refractivity contribution in [2.45, 2.75) is 19.1 Å². The Hall–Kier alpha value is -1.56. The highest BCUT2D eigenvalue weighted by molar-refractivity contribution is 5.90. The van der Waals surface area contributed by atoms with E-state index in [4.69, 9.17) is 10.8 Å². The lowest BCUT2D eigenvalue weighted by Crippen LogP contribution is -2.30. The summed E-state index contributed by atoms with van der Waals surface area (Å²) < 4.78 is 37.3. The highest BCUT2D eigenvalue weighted by atomic mass is 19.4. The number of benzene rings is 1. The first-order valence-corrected chi connectivity index (χ1v) is 4.40. The molecule has 0 unspecified atom stereocenters. The number of hydrogen-bond donors (Lipinski definition) is 2. The molecule has 0 spiro atoms. The van der Waals surface area contributed by atoms with Crippen molar-refractivity contribution in [1.82, 2.24) is 0 Å². The molecule has 3 N–H and O–H groups in total. The molecular formula is C10H10F3NO2. The maximum absolute atomic E-state index is 12.4. The summed E-state index contributed by atoms with van der Waals surface area (Å²) >= 11 is 0. The molecule has 0 aliphatic rings. The van der Waals surface area contributed by atoms with E-state index in [-0.39, 0.29) is 11.1 Å². The van der Waals surface area contributed by atoms with Crippen LogP contribution >= 0.6 is 0 Å². The molecule has 0 saturated heterocycles. The Morgan fingerprint density at radius 3 is 2.44 bits per heavy atom. The van der Waals surface area contributed by atoms with Crippen LogP contribution in [0.15, 0.2) is 18.2 Å². The van der Waals surface area contributed by atoms with Gasteiger partial charge in [-0.1, -0.05) is 12.1 Å². The first kappa shape index (κ1) is 12.5. The lowest BCUT2D eigenvalue weighted by molar-refractivity contribution is -0.149. The Bertz CT molecular complexity index is 415. The third kappa shape index (κ3) is 2.33. The molecule has 0 aromatic heterocycles. The minimum Gasteiger partial charge on any atom is -0.478 e. The highest BCUT2D eigenvalue weighted by Gasteiger charge is 2.40. The Balaban J connectivity index is 3.36. The molecule has 16 heavy (non-hydrogen) atoms. The molecule has 88 valence electrons. The van der Waals surface area contributed by atoms with Crippen molar-refractivity contribution in [2.75, 3.05) is 0 Å². The molecule has 0 aliphatic carbocycles. The van der Waals surface area contributed by atoms with E-state index in [0.717, 1.165) is 6.07 Å². The quantitative estimate of drug-likeness (QED) is 0.823. The number of carboxylic acid groups (broad SMARTS) is 1. The highest BCUT2D eigenvalue weighted by Crippen LogP contribution is 2.34. The van der Waals surface area contributed by atoms with E-state index in [0.29, 0.717) is 0 Å². The predicted molar refractivity (Wildman–Crippen MR) is 51.1 cm³/mol. The molecule has 1 aromatic rings. The van der Waals surface area contributed by atoms with E-state index >= 15 is 0 Å². The van der Waals surface area contributed by atoms with Crippen LogP contribution in [0.4, 0.5) is 13.2 Å². The predicted octanol–water partition coefficient (Wildman–Crippen LogP) is 2.26. The molecule has 0 bridgehead atoms. The standard InChI is InChI=1S/C10H10F3NO2/c1-5-3-2-4-6(9(15)16)7(5)8(14)10(11,12)13/h2-4,8H,14H2,1H3,(H,15,16)/t8-/m0/s1. The van der Waals surface area contributed by atoms with Crippen LogP contribution in [-0.2, 0) is 0 Å². The van der Waals surface area contributed by atoms with E-state index in [1.165, 1.54) is 19.1 Å². The molecule has 1 aromatic carbocycles. The minimum atomic E-state index is -4.66. The molecular weight excluding hydrogens is 223 g/mol. The van der Waals surface area contributed by atoms with Crippen molar-refractivity contribution in [1.29, 1.82) is 0 Å². The van der Waals surface area contributed by atoms with Gasteiger partial charge in [0, 0.05) is 0 Å². The SMILES string of the molecule is Cc1cccc(C(=O)O)c1[C@H](N)C(F)(F)F. The summed E-state index contributed by atoms with van der Waals surface area (Å²) in [5.41, 5.74) is 4.44. The van der Waals surface area contributed by atoms with Crippen molar-refractivity contribution in [2.24, 2.45) is 5.73 Å². The lowest BCUT2D eigenvalue weighted by atomic mass is 9.95. The van der Waals surface area contributed by atoms with Gasteiger partial charge in [0.25, 0.3) is 0 Å². The van der Waals surface area contributed by atoms with Gasteiger partial charge in [-0.3, -0.25) is 0 Å². The number of aromatic carboxylic acids is 1. The fourth-order valence-electron chi connectivity index (χ4n) is 1.44. The van der Waals surface area contributed by atoms with Gasteiger partial charge in [0.05, 0.1) is 5.56 Å². The Morgan fingerprint density at radius 1 is 1.44 bits per heavy atom. The third-order valence-electron chi connectivity index (χ3n) is 2.22. The second-order valence-corrected chi connectivity index (χ2v) is 3.36. The van der Waals surface area contributed by atoms with Crippen molar-refractivity contribution in [3.05, 3.63) is 34.9 Å². The van der Waals surface area contributed by atoms with Gasteiger partial charge in [-0.05, 0) is 24.1 Å². The second-order valence-electron chi connectivity index (χ2n) is 3.36. The van der Waals surface area contributed by atoms with Crippen LogP contribution in [0.2, 0.25) is 0 Å². The molecule has 0 saturated carbocycles. The normalized spacial score (nSPS) is 13.6. The molecule has 6 heteroatoms. The number of hydrogen-bond acceptors (Lipinski definition) is 2. The smallest absolute Gasteiger partial charge is 0.407 e. The maximum atomic E-state index is 12.4. The van der Waals surface area contributed by atoms with Crippen LogP contribution in [0.5, 0.6) is 0 Å².